The van der Waals surface area contributed by atoms with Gasteiger partial charge in [-0.3, -0.25) is 4.79 Å². The second-order valence-electron chi connectivity index (χ2n) is 11.7. The minimum atomic E-state index is -1.53. The molecule has 1 spiro atoms. The van der Waals surface area contributed by atoms with Crippen molar-refractivity contribution in [3.8, 4) is 0 Å². The van der Waals surface area contributed by atoms with Crippen LogP contribution in [0.5, 0.6) is 0 Å². The smallest absolute Gasteiger partial charge is 0.143 e. The molecule has 3 heteroatoms. The van der Waals surface area contributed by atoms with E-state index in [0.29, 0.717) is 23.5 Å². The van der Waals surface area contributed by atoms with Gasteiger partial charge in [0.15, 0.2) is 0 Å². The summed E-state index contributed by atoms with van der Waals surface area (Å²) in [7, 11) is -2.98. The van der Waals surface area contributed by atoms with Gasteiger partial charge in [-0.1, -0.05) is 85.9 Å². The molecule has 1 aromatic carbocycles. The SMILES string of the molecule is C[C@H]1CC(=O)[C@]23CC(C[Si](C)(C)c4ccccc4)C([Si](C)(C)C)=C2CC[C@@H]3C1. The highest BCUT2D eigenvalue weighted by molar-refractivity contribution is 6.90. The van der Waals surface area contributed by atoms with Gasteiger partial charge >= 0.3 is 0 Å². The monoisotopic (exact) mass is 410 g/mol. The number of carbonyl (C=O) groups is 1. The van der Waals surface area contributed by atoms with E-state index in [0.717, 1.165) is 12.8 Å². The molecule has 1 aromatic rings. The highest BCUT2D eigenvalue weighted by Gasteiger charge is 2.61. The maximum Gasteiger partial charge on any atom is 0.143 e. The predicted molar refractivity (Wildman–Crippen MR) is 125 cm³/mol. The lowest BCUT2D eigenvalue weighted by atomic mass is 9.62. The normalized spacial score (nSPS) is 33.2. The molecule has 2 saturated carbocycles. The Kier molecular flexibility index (Phi) is 4.94. The number of allylic oxidation sites excluding steroid dienone is 2. The van der Waals surface area contributed by atoms with Gasteiger partial charge in [0.25, 0.3) is 0 Å². The van der Waals surface area contributed by atoms with Crippen molar-refractivity contribution in [2.24, 2.45) is 23.2 Å². The average molecular weight is 411 g/mol. The van der Waals surface area contributed by atoms with Gasteiger partial charge in [0.2, 0.25) is 0 Å². The van der Waals surface area contributed by atoms with E-state index >= 15 is 0 Å². The van der Waals surface area contributed by atoms with Crippen LogP contribution in [0.1, 0.15) is 39.0 Å². The molecule has 3 aliphatic rings. The maximum atomic E-state index is 13.5. The molecule has 1 nitrogen and oxygen atoms in total. The van der Waals surface area contributed by atoms with Gasteiger partial charge in [0.05, 0.1) is 21.6 Å². The predicted octanol–water partition coefficient (Wildman–Crippen LogP) is 6.19. The maximum absolute atomic E-state index is 13.5. The largest absolute Gasteiger partial charge is 0.299 e. The fourth-order valence-electron chi connectivity index (χ4n) is 7.20. The van der Waals surface area contributed by atoms with Gasteiger partial charge in [-0.25, -0.2) is 0 Å². The van der Waals surface area contributed by atoms with Crippen molar-refractivity contribution in [3.05, 3.63) is 41.1 Å². The Balaban J connectivity index is 1.74. The number of hydrogen-bond acceptors (Lipinski definition) is 1. The molecule has 0 bridgehead atoms. The van der Waals surface area contributed by atoms with Crippen molar-refractivity contribution >= 4 is 27.1 Å². The second-order valence-corrected chi connectivity index (χ2v) is 21.5. The molecule has 4 atom stereocenters. The quantitative estimate of drug-likeness (QED) is 0.541. The fraction of sp³-hybridized carbons (Fsp3) is 0.640. The minimum absolute atomic E-state index is 0.0477. The molecule has 0 amide bonds. The van der Waals surface area contributed by atoms with E-state index in [1.807, 2.05) is 5.20 Å². The van der Waals surface area contributed by atoms with E-state index in [1.54, 1.807) is 10.8 Å². The summed E-state index contributed by atoms with van der Waals surface area (Å²) in [5.41, 5.74) is 1.62. The van der Waals surface area contributed by atoms with Crippen LogP contribution >= 0.6 is 0 Å². The van der Waals surface area contributed by atoms with Gasteiger partial charge in [-0.15, -0.1) is 0 Å². The van der Waals surface area contributed by atoms with E-state index < -0.39 is 16.1 Å². The summed E-state index contributed by atoms with van der Waals surface area (Å²) >= 11 is 0. The third kappa shape index (κ3) is 3.13. The van der Waals surface area contributed by atoms with Crippen molar-refractivity contribution < 1.29 is 4.79 Å². The third-order valence-electron chi connectivity index (χ3n) is 8.12. The summed E-state index contributed by atoms with van der Waals surface area (Å²) in [6.45, 7) is 15.0. The summed E-state index contributed by atoms with van der Waals surface area (Å²) in [5, 5.41) is 3.39. The van der Waals surface area contributed by atoms with Crippen LogP contribution in [0.3, 0.4) is 0 Å². The summed E-state index contributed by atoms with van der Waals surface area (Å²) < 4.78 is 0. The van der Waals surface area contributed by atoms with Gasteiger partial charge < -0.3 is 0 Å². The van der Waals surface area contributed by atoms with E-state index in [4.69, 9.17) is 0 Å². The van der Waals surface area contributed by atoms with Crippen molar-refractivity contribution in [2.75, 3.05) is 0 Å². The van der Waals surface area contributed by atoms with Crippen LogP contribution in [-0.4, -0.2) is 21.9 Å². The first kappa shape index (κ1) is 20.3. The minimum Gasteiger partial charge on any atom is -0.299 e. The fourth-order valence-corrected chi connectivity index (χ4v) is 13.0. The van der Waals surface area contributed by atoms with Gasteiger partial charge in [0.1, 0.15) is 5.78 Å². The highest BCUT2D eigenvalue weighted by atomic mass is 28.3. The lowest BCUT2D eigenvalue weighted by Gasteiger charge is -2.40. The van der Waals surface area contributed by atoms with Gasteiger partial charge in [-0.2, -0.15) is 0 Å². The molecule has 2 fully saturated rings. The zero-order chi connectivity index (χ0) is 20.3. The van der Waals surface area contributed by atoms with Gasteiger partial charge in [-0.05, 0) is 49.5 Å². The molecule has 152 valence electrons. The molecule has 0 aliphatic heterocycles. The van der Waals surface area contributed by atoms with E-state index in [1.165, 1.54) is 25.3 Å². The molecule has 28 heavy (non-hydrogen) atoms. The molecule has 1 unspecified atom stereocenters. The number of rotatable bonds is 4. The van der Waals surface area contributed by atoms with Crippen molar-refractivity contribution in [1.82, 2.24) is 0 Å². The van der Waals surface area contributed by atoms with Crippen LogP contribution in [0.25, 0.3) is 0 Å². The number of carbonyl (C=O) groups excluding carboxylic acids is 1. The first-order valence-corrected chi connectivity index (χ1v) is 18.1. The third-order valence-corrected chi connectivity index (χ3v) is 13.9. The first-order valence-electron chi connectivity index (χ1n) is 11.4. The Hall–Kier alpha value is -0.936. The highest BCUT2D eigenvalue weighted by Crippen LogP contribution is 2.65. The summed E-state index contributed by atoms with van der Waals surface area (Å²) in [5.74, 6) is 2.49. The van der Waals surface area contributed by atoms with Crippen LogP contribution in [0.2, 0.25) is 38.8 Å². The molecule has 3 aliphatic carbocycles. The zero-order valence-electron chi connectivity index (χ0n) is 18.8. The Morgan fingerprint density at radius 3 is 2.39 bits per heavy atom. The Morgan fingerprint density at radius 2 is 1.75 bits per heavy atom. The molecule has 0 saturated heterocycles. The Morgan fingerprint density at radius 1 is 1.07 bits per heavy atom. The molecule has 0 heterocycles. The molecular weight excluding hydrogens is 372 g/mol. The summed E-state index contributed by atoms with van der Waals surface area (Å²) in [4.78, 5) is 13.5. The van der Waals surface area contributed by atoms with Crippen molar-refractivity contribution in [2.45, 2.75) is 77.8 Å². The number of Topliss-reactive ketones (excluding diaryl/α,β-unsaturated/α-hetero) is 1. The van der Waals surface area contributed by atoms with Crippen LogP contribution < -0.4 is 5.19 Å². The van der Waals surface area contributed by atoms with Crippen LogP contribution in [0, 0.1) is 23.2 Å². The molecular formula is C25H38OSi2. The average Bonchev–Trinajstić information content (AvgIpc) is 3.09. The Labute approximate surface area is 174 Å². The zero-order valence-corrected chi connectivity index (χ0v) is 20.8. The second kappa shape index (κ2) is 6.80. The van der Waals surface area contributed by atoms with Crippen LogP contribution in [0.4, 0.5) is 0 Å². The Bertz CT molecular complexity index is 802. The van der Waals surface area contributed by atoms with Crippen LogP contribution in [-0.2, 0) is 4.79 Å². The number of ketones is 1. The molecule has 0 aromatic heterocycles. The lowest BCUT2D eigenvalue weighted by Crippen LogP contribution is -2.45. The number of hydrogen-bond donors (Lipinski definition) is 0. The van der Waals surface area contributed by atoms with Crippen molar-refractivity contribution in [3.63, 3.8) is 0 Å². The molecule has 0 N–H and O–H groups in total. The van der Waals surface area contributed by atoms with E-state index in [-0.39, 0.29) is 5.41 Å². The lowest BCUT2D eigenvalue weighted by molar-refractivity contribution is -0.133. The van der Waals surface area contributed by atoms with Gasteiger partial charge in [0, 0.05) is 6.42 Å². The summed E-state index contributed by atoms with van der Waals surface area (Å²) in [6, 6.07) is 12.5. The summed E-state index contributed by atoms with van der Waals surface area (Å²) in [6.07, 6.45) is 5.74. The van der Waals surface area contributed by atoms with Crippen molar-refractivity contribution in [1.29, 1.82) is 0 Å². The standard InChI is InChI=1S/C25H38OSi2/c1-18-14-20-12-13-22-24(27(2,3)4)19(16-25(20,22)23(26)15-18)17-28(5,6)21-10-8-7-9-11-21/h7-11,18-20H,12-17H2,1-6H3/t18-,19?,20-,25+/m1/s1. The number of benzene rings is 1. The van der Waals surface area contributed by atoms with E-state index in [2.05, 4.69) is 70.0 Å². The first-order chi connectivity index (χ1) is 13.1. The van der Waals surface area contributed by atoms with Crippen LogP contribution in [0.15, 0.2) is 41.1 Å². The molecule has 4 rings (SSSR count). The topological polar surface area (TPSA) is 17.1 Å². The molecule has 0 radical (unpaired) electrons. The van der Waals surface area contributed by atoms with E-state index in [9.17, 15) is 4.79 Å².